The lowest BCUT2D eigenvalue weighted by Crippen LogP contribution is -2.29. The molecule has 2 fully saturated rings. The Kier molecular flexibility index (Phi) is 2.77. The maximum atomic E-state index is 11.8. The molecule has 3 heteroatoms. The van der Waals surface area contributed by atoms with Crippen LogP contribution >= 0.6 is 0 Å². The number of esters is 1. The molecule has 2 heterocycles. The first-order valence-electron chi connectivity index (χ1n) is 7.05. The van der Waals surface area contributed by atoms with E-state index in [0.717, 1.165) is 25.7 Å². The van der Waals surface area contributed by atoms with Crippen molar-refractivity contribution in [3.63, 3.8) is 0 Å². The molecule has 100 valence electrons. The molecule has 0 N–H and O–H groups in total. The zero-order chi connectivity index (χ0) is 12.9. The van der Waals surface area contributed by atoms with Crippen molar-refractivity contribution in [1.82, 2.24) is 0 Å². The predicted octanol–water partition coefficient (Wildman–Crippen LogP) is 2.84. The molecule has 0 aromatic rings. The molecule has 0 saturated carbocycles. The zero-order valence-corrected chi connectivity index (χ0v) is 11.4. The number of hydrogen-bond donors (Lipinski definition) is 0. The first-order chi connectivity index (χ1) is 8.51. The fourth-order valence-electron chi connectivity index (χ4n) is 3.46. The Bertz CT molecular complexity index is 401. The van der Waals surface area contributed by atoms with Crippen LogP contribution in [-0.2, 0) is 14.3 Å². The highest BCUT2D eigenvalue weighted by atomic mass is 16.6. The minimum Gasteiger partial charge on any atom is -0.459 e. The molecule has 0 unspecified atom stereocenters. The summed E-state index contributed by atoms with van der Waals surface area (Å²) in [4.78, 5) is 11.8. The van der Waals surface area contributed by atoms with Crippen LogP contribution in [-0.4, -0.2) is 23.8 Å². The van der Waals surface area contributed by atoms with Crippen molar-refractivity contribution in [2.45, 2.75) is 64.3 Å². The predicted molar refractivity (Wildman–Crippen MR) is 68.0 cm³/mol. The Balaban J connectivity index is 1.85. The van der Waals surface area contributed by atoms with Gasteiger partial charge < -0.3 is 9.47 Å². The fraction of sp³-hybridized carbons (Fsp3) is 0.800. The quantitative estimate of drug-likeness (QED) is 0.377. The Morgan fingerprint density at radius 3 is 3.00 bits per heavy atom. The molecule has 0 radical (unpaired) electrons. The highest BCUT2D eigenvalue weighted by molar-refractivity contribution is 5.75. The number of rotatable bonds is 0. The molecular formula is C15H22O3. The Labute approximate surface area is 109 Å². The van der Waals surface area contributed by atoms with Crippen LogP contribution in [0.5, 0.6) is 0 Å². The van der Waals surface area contributed by atoms with Gasteiger partial charge in [-0.05, 0) is 39.5 Å². The van der Waals surface area contributed by atoms with Gasteiger partial charge in [0.15, 0.2) is 0 Å². The Morgan fingerprint density at radius 1 is 1.44 bits per heavy atom. The molecule has 0 spiro atoms. The number of carbonyl (C=O) groups excluding carboxylic acids is 1. The lowest BCUT2D eigenvalue weighted by molar-refractivity contribution is -0.144. The number of hydrogen-bond acceptors (Lipinski definition) is 3. The normalized spacial score (nSPS) is 50.6. The van der Waals surface area contributed by atoms with E-state index in [4.69, 9.17) is 9.47 Å². The second kappa shape index (κ2) is 4.09. The monoisotopic (exact) mass is 250 g/mol. The Hall–Kier alpha value is -0.830. The number of epoxide rings is 1. The van der Waals surface area contributed by atoms with E-state index in [1.165, 1.54) is 5.57 Å². The number of carbonyl (C=O) groups is 1. The maximum absolute atomic E-state index is 11.8. The van der Waals surface area contributed by atoms with Crippen molar-refractivity contribution in [3.8, 4) is 0 Å². The van der Waals surface area contributed by atoms with E-state index >= 15 is 0 Å². The highest BCUT2D eigenvalue weighted by Crippen LogP contribution is 2.50. The van der Waals surface area contributed by atoms with Crippen LogP contribution in [0.25, 0.3) is 0 Å². The molecule has 5 atom stereocenters. The molecule has 18 heavy (non-hydrogen) atoms. The molecule has 0 aromatic carbocycles. The van der Waals surface area contributed by atoms with Crippen molar-refractivity contribution < 1.29 is 14.3 Å². The summed E-state index contributed by atoms with van der Waals surface area (Å²) in [5.74, 6) is 0.310. The van der Waals surface area contributed by atoms with Gasteiger partial charge in [-0.15, -0.1) is 0 Å². The molecule has 2 saturated heterocycles. The van der Waals surface area contributed by atoms with Gasteiger partial charge in [0, 0.05) is 5.92 Å². The maximum Gasteiger partial charge on any atom is 0.309 e. The fourth-order valence-corrected chi connectivity index (χ4v) is 3.46. The van der Waals surface area contributed by atoms with Crippen molar-refractivity contribution in [1.29, 1.82) is 0 Å². The standard InChI is InChI=1S/C15H22O3/c1-9-5-4-8-15(3)13(18-15)12-11(7-6-9)10(2)14(16)17-12/h5,10-13H,4,6-8H2,1-3H3/b9-5-/t10-,11-,12-,13+,15+/m0/s1. The average molecular weight is 250 g/mol. The van der Waals surface area contributed by atoms with Crippen molar-refractivity contribution in [2.75, 3.05) is 0 Å². The summed E-state index contributed by atoms with van der Waals surface area (Å²) in [5.41, 5.74) is 1.37. The molecule has 1 aliphatic carbocycles. The van der Waals surface area contributed by atoms with Gasteiger partial charge in [0.05, 0.1) is 11.5 Å². The summed E-state index contributed by atoms with van der Waals surface area (Å²) in [6.45, 7) is 6.33. The number of allylic oxidation sites excluding steroid dienone is 2. The average Bonchev–Trinajstić information content (AvgIpc) is 2.90. The molecule has 0 amide bonds. The van der Waals surface area contributed by atoms with Gasteiger partial charge in [-0.2, -0.15) is 0 Å². The molecule has 2 aliphatic heterocycles. The molecule has 0 aromatic heterocycles. The topological polar surface area (TPSA) is 38.8 Å². The van der Waals surface area contributed by atoms with Gasteiger partial charge in [-0.3, -0.25) is 4.79 Å². The van der Waals surface area contributed by atoms with E-state index in [9.17, 15) is 4.79 Å². The minimum absolute atomic E-state index is 0.0107. The summed E-state index contributed by atoms with van der Waals surface area (Å²) < 4.78 is 11.5. The van der Waals surface area contributed by atoms with Crippen LogP contribution in [0.4, 0.5) is 0 Å². The highest BCUT2D eigenvalue weighted by Gasteiger charge is 2.61. The van der Waals surface area contributed by atoms with Crippen molar-refractivity contribution in [3.05, 3.63) is 11.6 Å². The van der Waals surface area contributed by atoms with E-state index in [1.807, 2.05) is 6.92 Å². The van der Waals surface area contributed by atoms with E-state index in [-0.39, 0.29) is 29.7 Å². The van der Waals surface area contributed by atoms with Gasteiger partial charge in [0.25, 0.3) is 0 Å². The van der Waals surface area contributed by atoms with Crippen LogP contribution in [0.3, 0.4) is 0 Å². The number of ether oxygens (including phenoxy) is 2. The first kappa shape index (κ1) is 12.2. The molecule has 3 rings (SSSR count). The smallest absolute Gasteiger partial charge is 0.309 e. The van der Waals surface area contributed by atoms with E-state index < -0.39 is 0 Å². The van der Waals surface area contributed by atoms with Crippen LogP contribution < -0.4 is 0 Å². The lowest BCUT2D eigenvalue weighted by Gasteiger charge is -2.20. The van der Waals surface area contributed by atoms with E-state index in [0.29, 0.717) is 5.92 Å². The van der Waals surface area contributed by atoms with Crippen LogP contribution in [0.1, 0.15) is 46.5 Å². The van der Waals surface area contributed by atoms with Gasteiger partial charge in [0.2, 0.25) is 0 Å². The van der Waals surface area contributed by atoms with Crippen molar-refractivity contribution >= 4 is 5.97 Å². The minimum atomic E-state index is -0.0681. The SMILES string of the molecule is C/C1=C/CC[C@@]2(C)O[C@@H]2[C@H]2OC(=O)[C@@H](C)[C@@H]2CC1. The van der Waals surface area contributed by atoms with E-state index in [2.05, 4.69) is 19.9 Å². The number of fused-ring (bicyclic) bond motifs is 3. The second-order valence-corrected chi connectivity index (χ2v) is 6.33. The molecular weight excluding hydrogens is 228 g/mol. The second-order valence-electron chi connectivity index (χ2n) is 6.33. The van der Waals surface area contributed by atoms with Crippen molar-refractivity contribution in [2.24, 2.45) is 11.8 Å². The van der Waals surface area contributed by atoms with Gasteiger partial charge in [0.1, 0.15) is 12.2 Å². The summed E-state index contributed by atoms with van der Waals surface area (Å²) in [6, 6.07) is 0. The third-order valence-corrected chi connectivity index (χ3v) is 4.93. The third-order valence-electron chi connectivity index (χ3n) is 4.93. The molecule has 3 aliphatic rings. The largest absolute Gasteiger partial charge is 0.459 e. The zero-order valence-electron chi connectivity index (χ0n) is 11.4. The van der Waals surface area contributed by atoms with Crippen LogP contribution in [0, 0.1) is 11.8 Å². The summed E-state index contributed by atoms with van der Waals surface area (Å²) in [6.07, 6.45) is 6.66. The van der Waals surface area contributed by atoms with Gasteiger partial charge in [-0.1, -0.05) is 18.6 Å². The summed E-state index contributed by atoms with van der Waals surface area (Å²) in [7, 11) is 0. The summed E-state index contributed by atoms with van der Waals surface area (Å²) >= 11 is 0. The lowest BCUT2D eigenvalue weighted by atomic mass is 9.81. The van der Waals surface area contributed by atoms with Gasteiger partial charge >= 0.3 is 5.97 Å². The molecule has 0 bridgehead atoms. The van der Waals surface area contributed by atoms with E-state index in [1.54, 1.807) is 0 Å². The summed E-state index contributed by atoms with van der Waals surface area (Å²) in [5, 5.41) is 0. The van der Waals surface area contributed by atoms with Crippen LogP contribution in [0.2, 0.25) is 0 Å². The first-order valence-corrected chi connectivity index (χ1v) is 7.05. The van der Waals surface area contributed by atoms with Crippen LogP contribution in [0.15, 0.2) is 11.6 Å². The third kappa shape index (κ3) is 1.89. The molecule has 3 nitrogen and oxygen atoms in total. The van der Waals surface area contributed by atoms with Gasteiger partial charge in [-0.25, -0.2) is 0 Å². The Morgan fingerprint density at radius 2 is 2.22 bits per heavy atom.